The first-order chi connectivity index (χ1) is 25.6. The number of carbonyl (C=O) groups excluding carboxylic acids is 3. The lowest BCUT2D eigenvalue weighted by Crippen LogP contribution is -2.60. The van der Waals surface area contributed by atoms with Crippen LogP contribution in [0, 0.1) is 5.41 Å². The highest BCUT2D eigenvalue weighted by molar-refractivity contribution is 5.95. The molecule has 2 amide bonds. The van der Waals surface area contributed by atoms with Gasteiger partial charge in [0.05, 0.1) is 23.5 Å². The number of ketones is 1. The van der Waals surface area contributed by atoms with Crippen LogP contribution in [0.2, 0.25) is 0 Å². The summed E-state index contributed by atoms with van der Waals surface area (Å²) in [6.07, 6.45) is 3.89. The molecular weight excluding hydrogens is 683 g/mol. The first-order valence-corrected chi connectivity index (χ1v) is 19.1. The van der Waals surface area contributed by atoms with Gasteiger partial charge in [0.15, 0.2) is 5.78 Å². The molecule has 11 nitrogen and oxygen atoms in total. The van der Waals surface area contributed by atoms with Crippen LogP contribution in [-0.4, -0.2) is 68.8 Å². The Hall–Kier alpha value is -4.74. The maximum Gasteiger partial charge on any atom is 0.408 e. The molecule has 2 aliphatic rings. The molecule has 0 saturated carbocycles. The third kappa shape index (κ3) is 8.47. The molecule has 2 aromatic carbocycles. The van der Waals surface area contributed by atoms with Crippen LogP contribution in [0.3, 0.4) is 0 Å². The summed E-state index contributed by atoms with van der Waals surface area (Å²) >= 11 is 0. The van der Waals surface area contributed by atoms with E-state index in [9.17, 15) is 19.5 Å². The molecule has 0 aliphatic carbocycles. The van der Waals surface area contributed by atoms with Crippen LogP contribution < -0.4 is 10.7 Å². The number of carbonyl (C=O) groups is 3. The molecule has 6 rings (SSSR count). The van der Waals surface area contributed by atoms with Gasteiger partial charge >= 0.3 is 6.09 Å². The molecule has 0 radical (unpaired) electrons. The van der Waals surface area contributed by atoms with Crippen LogP contribution in [-0.2, 0) is 38.4 Å². The summed E-state index contributed by atoms with van der Waals surface area (Å²) < 4.78 is 13.7. The fourth-order valence-electron chi connectivity index (χ4n) is 7.88. The molecule has 1 fully saturated rings. The van der Waals surface area contributed by atoms with Crippen molar-refractivity contribution in [2.45, 2.75) is 117 Å². The topological polar surface area (TPSA) is 135 Å². The Morgan fingerprint density at radius 2 is 1.91 bits per heavy atom. The fourth-order valence-corrected chi connectivity index (χ4v) is 7.88. The van der Waals surface area contributed by atoms with Crippen LogP contribution in [0.4, 0.5) is 4.79 Å². The zero-order valence-electron chi connectivity index (χ0n) is 32.9. The van der Waals surface area contributed by atoms with Gasteiger partial charge in [-0.05, 0) is 124 Å². The number of aromatic nitrogens is 2. The number of nitrogens with one attached hydrogen (secondary N) is 2. The average molecular weight is 738 g/mol. The van der Waals surface area contributed by atoms with Gasteiger partial charge in [0.25, 0.3) is 5.91 Å². The number of benzene rings is 2. The number of amides is 2. The van der Waals surface area contributed by atoms with Crippen molar-refractivity contribution >= 4 is 28.7 Å². The predicted molar refractivity (Wildman–Crippen MR) is 210 cm³/mol. The van der Waals surface area contributed by atoms with E-state index in [0.29, 0.717) is 44.2 Å². The third-order valence-corrected chi connectivity index (χ3v) is 10.6. The molecule has 4 aromatic rings. The van der Waals surface area contributed by atoms with Crippen molar-refractivity contribution in [1.29, 1.82) is 0 Å². The number of methoxy groups -OCH3 is 1. The summed E-state index contributed by atoms with van der Waals surface area (Å²) in [5.74, 6) is -0.274. The maximum absolute atomic E-state index is 14.2. The predicted octanol–water partition coefficient (Wildman–Crippen LogP) is 7.67. The number of phenolic OH excluding ortho intramolecular Hbond substituents is 1. The number of pyridine rings is 1. The number of aryl methyl sites for hydroxylation is 1. The van der Waals surface area contributed by atoms with Crippen molar-refractivity contribution in [3.63, 3.8) is 0 Å². The quantitative estimate of drug-likeness (QED) is 0.190. The largest absolute Gasteiger partial charge is 0.508 e. The normalized spacial score (nSPS) is 20.0. The lowest BCUT2D eigenvalue weighted by atomic mass is 9.79. The SMILES string of the molecule is CCn1c(-c2cccnc2[C@H](C)OC)c2c3cc(ccc31)-c1cc(O)cc(c1)C[C@H](NC(=O)OC(C)(C)C)C(=O)N1CCC[C@H](N1)C(=O)CCC(C)(C)C2. The van der Waals surface area contributed by atoms with Crippen molar-refractivity contribution in [3.05, 3.63) is 71.5 Å². The van der Waals surface area contributed by atoms with E-state index in [1.807, 2.05) is 19.1 Å². The van der Waals surface area contributed by atoms with E-state index in [-0.39, 0.29) is 35.4 Å². The van der Waals surface area contributed by atoms with Crippen molar-refractivity contribution < 1.29 is 29.0 Å². The number of Topliss-reactive ketones (excluding diaryl/α,β-unsaturated/α-hetero) is 1. The van der Waals surface area contributed by atoms with Gasteiger partial charge in [-0.25, -0.2) is 10.2 Å². The maximum atomic E-state index is 14.2. The fraction of sp³-hybridized carbons (Fsp3) is 0.488. The highest BCUT2D eigenvalue weighted by Crippen LogP contribution is 2.43. The molecule has 11 heteroatoms. The molecule has 2 aliphatic heterocycles. The van der Waals surface area contributed by atoms with Gasteiger partial charge in [-0.3, -0.25) is 19.6 Å². The summed E-state index contributed by atoms with van der Waals surface area (Å²) in [6.45, 7) is 15.0. The van der Waals surface area contributed by atoms with Crippen LogP contribution in [0.25, 0.3) is 33.3 Å². The summed E-state index contributed by atoms with van der Waals surface area (Å²) in [6, 6.07) is 14.2. The van der Waals surface area contributed by atoms with Crippen LogP contribution in [0.1, 0.15) is 97.1 Å². The zero-order chi connectivity index (χ0) is 38.9. The average Bonchev–Trinajstić information content (AvgIpc) is 3.43. The number of hydrogen-bond acceptors (Lipinski definition) is 8. The van der Waals surface area contributed by atoms with E-state index < -0.39 is 23.8 Å². The molecule has 0 spiro atoms. The minimum atomic E-state index is -1.02. The summed E-state index contributed by atoms with van der Waals surface area (Å²) in [7, 11) is 1.69. The minimum Gasteiger partial charge on any atom is -0.508 e. The zero-order valence-corrected chi connectivity index (χ0v) is 32.9. The van der Waals surface area contributed by atoms with E-state index in [1.165, 1.54) is 10.6 Å². The lowest BCUT2D eigenvalue weighted by molar-refractivity contribution is -0.141. The van der Waals surface area contributed by atoms with Crippen LogP contribution >= 0.6 is 0 Å². The monoisotopic (exact) mass is 737 g/mol. The molecule has 6 bridgehead atoms. The van der Waals surface area contributed by atoms with Gasteiger partial charge in [0, 0.05) is 55.7 Å². The van der Waals surface area contributed by atoms with Crippen molar-refractivity contribution in [2.24, 2.45) is 5.41 Å². The highest BCUT2D eigenvalue weighted by Gasteiger charge is 2.35. The van der Waals surface area contributed by atoms with E-state index in [1.54, 1.807) is 46.2 Å². The third-order valence-electron chi connectivity index (χ3n) is 10.6. The number of rotatable bonds is 5. The van der Waals surface area contributed by atoms with Gasteiger partial charge in [0.2, 0.25) is 0 Å². The van der Waals surface area contributed by atoms with Gasteiger partial charge in [0.1, 0.15) is 17.4 Å². The summed E-state index contributed by atoms with van der Waals surface area (Å²) in [5.41, 5.74) is 9.69. The van der Waals surface area contributed by atoms with Crippen molar-refractivity contribution in [3.8, 4) is 28.1 Å². The second kappa shape index (κ2) is 15.5. The van der Waals surface area contributed by atoms with Gasteiger partial charge in [-0.15, -0.1) is 0 Å². The number of hydrogen-bond donors (Lipinski definition) is 3. The van der Waals surface area contributed by atoms with E-state index in [2.05, 4.69) is 60.3 Å². The number of aromatic hydroxyl groups is 1. The van der Waals surface area contributed by atoms with Gasteiger partial charge in [-0.1, -0.05) is 26.0 Å². The minimum absolute atomic E-state index is 0.0453. The highest BCUT2D eigenvalue weighted by atomic mass is 16.6. The number of hydrazine groups is 1. The smallest absolute Gasteiger partial charge is 0.408 e. The van der Waals surface area contributed by atoms with Crippen LogP contribution in [0.15, 0.2) is 54.7 Å². The Balaban J connectivity index is 1.54. The first kappa shape index (κ1) is 39.0. The van der Waals surface area contributed by atoms with E-state index in [4.69, 9.17) is 14.5 Å². The molecule has 288 valence electrons. The Morgan fingerprint density at radius 1 is 1.13 bits per heavy atom. The summed E-state index contributed by atoms with van der Waals surface area (Å²) in [4.78, 5) is 45.9. The Kier molecular flexibility index (Phi) is 11.2. The van der Waals surface area contributed by atoms with E-state index in [0.717, 1.165) is 45.5 Å². The van der Waals surface area contributed by atoms with Crippen molar-refractivity contribution in [2.75, 3.05) is 13.7 Å². The Morgan fingerprint density at radius 3 is 2.63 bits per heavy atom. The molecule has 4 heterocycles. The molecule has 1 saturated heterocycles. The molecule has 0 unspecified atom stereocenters. The number of fused-ring (bicyclic) bond motifs is 6. The Bertz CT molecular complexity index is 2050. The molecule has 54 heavy (non-hydrogen) atoms. The number of phenols is 1. The standard InChI is InChI=1S/C43H55N5O6/c1-9-47-36-15-14-28-24-32(36)33(39(47)31-12-10-18-44-38(31)26(2)53-8)25-43(6,7)17-16-37(50)34-13-11-19-48(46-34)40(51)35(45-41(52)54-42(3,4)5)22-27-20-29(28)23-30(49)21-27/h10,12,14-15,18,20-21,23-24,26,34-35,46,49H,9,11,13,16-17,19,22,25H2,1-8H3,(H,45,52)/t26-,34-,35-/m0/s1. The van der Waals surface area contributed by atoms with Gasteiger partial charge in [-0.2, -0.15) is 0 Å². The second-order valence-electron chi connectivity index (χ2n) is 16.5. The Labute approximate surface area is 318 Å². The molecule has 3 N–H and O–H groups in total. The van der Waals surface area contributed by atoms with Gasteiger partial charge < -0.3 is 24.5 Å². The second-order valence-corrected chi connectivity index (χ2v) is 16.5. The molecule has 3 atom stereocenters. The number of alkyl carbamates (subject to hydrolysis) is 1. The number of nitrogens with zero attached hydrogens (tertiary/aromatic N) is 3. The van der Waals surface area contributed by atoms with E-state index >= 15 is 0 Å². The first-order valence-electron chi connectivity index (χ1n) is 19.1. The van der Waals surface area contributed by atoms with Crippen LogP contribution in [0.5, 0.6) is 5.75 Å². The summed E-state index contributed by atoms with van der Waals surface area (Å²) in [5, 5.41) is 16.4. The number of ether oxygens (including phenoxy) is 2. The lowest BCUT2D eigenvalue weighted by Gasteiger charge is -2.36. The van der Waals surface area contributed by atoms with Crippen molar-refractivity contribution in [1.82, 2.24) is 25.3 Å². The molecular formula is C43H55N5O6. The molecule has 2 aromatic heterocycles.